The van der Waals surface area contributed by atoms with E-state index in [-0.39, 0.29) is 17.4 Å². The van der Waals surface area contributed by atoms with Crippen LogP contribution >= 0.6 is 25.3 Å². The largest absolute Gasteiger partial charge is 0.480 e. The molecule has 3 unspecified atom stereocenters. The van der Waals surface area contributed by atoms with Crippen molar-refractivity contribution in [3.63, 3.8) is 0 Å². The Hall–Kier alpha value is -1.46. The summed E-state index contributed by atoms with van der Waals surface area (Å²) in [7, 11) is 0. The van der Waals surface area contributed by atoms with Gasteiger partial charge in [0.15, 0.2) is 0 Å². The van der Waals surface area contributed by atoms with E-state index in [1.165, 1.54) is 4.90 Å². The van der Waals surface area contributed by atoms with Crippen molar-refractivity contribution in [1.29, 1.82) is 0 Å². The molecule has 3 atom stereocenters. The molecule has 9 nitrogen and oxygen atoms in total. The zero-order chi connectivity index (χ0) is 18.3. The molecule has 0 aromatic carbocycles. The number of carbonyl (C=O) groups excluding carboxylic acids is 3. The molecule has 1 aliphatic rings. The second-order valence-electron chi connectivity index (χ2n) is 5.33. The minimum atomic E-state index is -1.19. The predicted molar refractivity (Wildman–Crippen MR) is 93.0 cm³/mol. The van der Waals surface area contributed by atoms with Gasteiger partial charge < -0.3 is 26.4 Å². The van der Waals surface area contributed by atoms with Crippen molar-refractivity contribution in [3.05, 3.63) is 0 Å². The normalized spacial score (nSPS) is 19.5. The molecule has 1 rings (SSSR count). The zero-order valence-corrected chi connectivity index (χ0v) is 14.8. The number of amides is 3. The molecule has 1 saturated heterocycles. The number of aliphatic carboxylic acids is 1. The topological polar surface area (TPSA) is 142 Å². The van der Waals surface area contributed by atoms with E-state index in [4.69, 9.17) is 10.8 Å². The highest BCUT2D eigenvalue weighted by Gasteiger charge is 2.37. The molecule has 0 spiro atoms. The molecule has 5 N–H and O–H groups in total. The molecule has 136 valence electrons. The molecule has 1 heterocycles. The van der Waals surface area contributed by atoms with Crippen LogP contribution in [0.5, 0.6) is 0 Å². The fraction of sp³-hybridized carbons (Fsp3) is 0.692. The van der Waals surface area contributed by atoms with Gasteiger partial charge in [-0.25, -0.2) is 0 Å². The highest BCUT2D eigenvalue weighted by atomic mass is 32.1. The molecule has 0 saturated carbocycles. The smallest absolute Gasteiger partial charge is 0.322 e. The Kier molecular flexibility index (Phi) is 8.36. The highest BCUT2D eigenvalue weighted by molar-refractivity contribution is 7.80. The maximum Gasteiger partial charge on any atom is 0.322 e. The predicted octanol–water partition coefficient (Wildman–Crippen LogP) is -2.15. The van der Waals surface area contributed by atoms with Crippen LogP contribution < -0.4 is 16.4 Å². The van der Waals surface area contributed by atoms with Crippen LogP contribution in [0.1, 0.15) is 12.8 Å². The number of carboxylic acid groups (broad SMARTS) is 1. The molecule has 11 heteroatoms. The molecule has 1 fully saturated rings. The van der Waals surface area contributed by atoms with Gasteiger partial charge in [0.05, 0.1) is 6.04 Å². The summed E-state index contributed by atoms with van der Waals surface area (Å²) < 4.78 is 0. The lowest BCUT2D eigenvalue weighted by molar-refractivity contribution is -0.140. The maximum absolute atomic E-state index is 12.4. The molecular formula is C13H22N4O5S2. The molecule has 3 amide bonds. The van der Waals surface area contributed by atoms with Crippen molar-refractivity contribution < 1.29 is 24.3 Å². The Bertz CT molecular complexity index is 505. The second kappa shape index (κ2) is 9.74. The monoisotopic (exact) mass is 378 g/mol. The summed E-state index contributed by atoms with van der Waals surface area (Å²) in [5, 5.41) is 13.2. The van der Waals surface area contributed by atoms with Crippen molar-refractivity contribution >= 4 is 48.9 Å². The van der Waals surface area contributed by atoms with Gasteiger partial charge in [0.25, 0.3) is 0 Å². The van der Waals surface area contributed by atoms with E-state index in [2.05, 4.69) is 35.9 Å². The Morgan fingerprint density at radius 3 is 2.46 bits per heavy atom. The molecular weight excluding hydrogens is 356 g/mol. The lowest BCUT2D eigenvalue weighted by Gasteiger charge is -2.27. The zero-order valence-electron chi connectivity index (χ0n) is 13.0. The van der Waals surface area contributed by atoms with Crippen LogP contribution in [0, 0.1) is 0 Å². The van der Waals surface area contributed by atoms with E-state index in [1.807, 2.05) is 0 Å². The molecule has 1 aliphatic heterocycles. The van der Waals surface area contributed by atoms with E-state index in [0.717, 1.165) is 0 Å². The Morgan fingerprint density at radius 2 is 1.92 bits per heavy atom. The van der Waals surface area contributed by atoms with Crippen LogP contribution in [-0.2, 0) is 19.2 Å². The summed E-state index contributed by atoms with van der Waals surface area (Å²) >= 11 is 7.98. The third-order valence-electron chi connectivity index (χ3n) is 3.58. The van der Waals surface area contributed by atoms with E-state index in [1.54, 1.807) is 0 Å². The van der Waals surface area contributed by atoms with Crippen LogP contribution in [0.25, 0.3) is 0 Å². The number of likely N-dealkylation sites (tertiary alicyclic amines) is 1. The first-order valence-electron chi connectivity index (χ1n) is 7.39. The quantitative estimate of drug-likeness (QED) is 0.266. The van der Waals surface area contributed by atoms with Crippen LogP contribution in [-0.4, -0.2) is 76.4 Å². The average Bonchev–Trinajstić information content (AvgIpc) is 3.05. The number of thiol groups is 2. The first-order valence-corrected chi connectivity index (χ1v) is 8.66. The summed E-state index contributed by atoms with van der Waals surface area (Å²) in [5.41, 5.74) is 5.67. The van der Waals surface area contributed by atoms with Gasteiger partial charge in [-0.3, -0.25) is 19.2 Å². The molecule has 0 bridgehead atoms. The number of carbonyl (C=O) groups is 4. The molecule has 0 aliphatic carbocycles. The molecule has 0 aromatic heterocycles. The van der Waals surface area contributed by atoms with Gasteiger partial charge >= 0.3 is 5.97 Å². The molecule has 0 aromatic rings. The van der Waals surface area contributed by atoms with E-state index in [0.29, 0.717) is 19.4 Å². The van der Waals surface area contributed by atoms with Crippen LogP contribution in [0.4, 0.5) is 0 Å². The lowest BCUT2D eigenvalue weighted by atomic mass is 10.1. The van der Waals surface area contributed by atoms with Crippen molar-refractivity contribution in [1.82, 2.24) is 15.5 Å². The van der Waals surface area contributed by atoms with E-state index < -0.39 is 42.5 Å². The number of nitrogens with two attached hydrogens (primary N) is 1. The summed E-state index contributed by atoms with van der Waals surface area (Å²) in [6.07, 6.45) is 1.12. The summed E-state index contributed by atoms with van der Waals surface area (Å²) in [4.78, 5) is 48.3. The first kappa shape index (κ1) is 20.6. The Morgan fingerprint density at radius 1 is 1.25 bits per heavy atom. The van der Waals surface area contributed by atoms with Gasteiger partial charge in [0.2, 0.25) is 17.7 Å². The van der Waals surface area contributed by atoms with Gasteiger partial charge in [0, 0.05) is 18.1 Å². The van der Waals surface area contributed by atoms with Crippen molar-refractivity contribution in [2.45, 2.75) is 31.0 Å². The third kappa shape index (κ3) is 5.56. The van der Waals surface area contributed by atoms with Crippen LogP contribution in [0.15, 0.2) is 0 Å². The molecule has 24 heavy (non-hydrogen) atoms. The number of carboxylic acids is 1. The Balaban J connectivity index is 2.68. The first-order chi connectivity index (χ1) is 11.3. The summed E-state index contributed by atoms with van der Waals surface area (Å²) in [6, 6.07) is -2.49. The number of nitrogens with one attached hydrogen (secondary N) is 2. The average molecular weight is 378 g/mol. The van der Waals surface area contributed by atoms with Crippen LogP contribution in [0.2, 0.25) is 0 Å². The molecule has 0 radical (unpaired) electrons. The van der Waals surface area contributed by atoms with Gasteiger partial charge in [-0.15, -0.1) is 0 Å². The van der Waals surface area contributed by atoms with Gasteiger partial charge in [-0.2, -0.15) is 25.3 Å². The Labute approximate surface area is 150 Å². The van der Waals surface area contributed by atoms with Crippen molar-refractivity contribution in [2.75, 3.05) is 24.6 Å². The van der Waals surface area contributed by atoms with Gasteiger partial charge in [0.1, 0.15) is 18.6 Å². The van der Waals surface area contributed by atoms with Gasteiger partial charge in [-0.05, 0) is 12.8 Å². The second-order valence-corrected chi connectivity index (χ2v) is 6.06. The number of rotatable bonds is 8. The maximum atomic E-state index is 12.4. The summed E-state index contributed by atoms with van der Waals surface area (Å²) in [5.74, 6) is -2.53. The summed E-state index contributed by atoms with van der Waals surface area (Å²) in [6.45, 7) is -0.140. The minimum Gasteiger partial charge on any atom is -0.480 e. The van der Waals surface area contributed by atoms with Crippen molar-refractivity contribution in [3.8, 4) is 0 Å². The van der Waals surface area contributed by atoms with Crippen LogP contribution in [0.3, 0.4) is 0 Å². The SMILES string of the molecule is NC(CS)C(=O)N1CCCC1C(=O)NC(CS)C(=O)NCC(=O)O. The number of hydrogen-bond donors (Lipinski definition) is 6. The fourth-order valence-corrected chi connectivity index (χ4v) is 2.76. The number of nitrogens with zero attached hydrogens (tertiary/aromatic N) is 1. The van der Waals surface area contributed by atoms with E-state index >= 15 is 0 Å². The third-order valence-corrected chi connectivity index (χ3v) is 4.34. The van der Waals surface area contributed by atoms with E-state index in [9.17, 15) is 19.2 Å². The lowest BCUT2D eigenvalue weighted by Crippen LogP contribution is -2.56. The fourth-order valence-electron chi connectivity index (χ4n) is 2.34. The minimum absolute atomic E-state index is 0.00594. The number of hydrogen-bond acceptors (Lipinski definition) is 7. The van der Waals surface area contributed by atoms with Crippen molar-refractivity contribution in [2.24, 2.45) is 5.73 Å². The highest BCUT2D eigenvalue weighted by Crippen LogP contribution is 2.18. The standard InChI is InChI=1S/C13H22N4O5S2/c14-7(5-23)13(22)17-3-1-2-9(17)12(21)16-8(6-24)11(20)15-4-10(18)19/h7-9,23-24H,1-6,14H2,(H,15,20)(H,16,21)(H,18,19). The van der Waals surface area contributed by atoms with Gasteiger partial charge in [-0.1, -0.05) is 0 Å².